The van der Waals surface area contributed by atoms with Crippen molar-refractivity contribution in [1.82, 2.24) is 0 Å². The van der Waals surface area contributed by atoms with Gasteiger partial charge in [0, 0.05) is 32.3 Å². The predicted molar refractivity (Wildman–Crippen MR) is 116 cm³/mol. The van der Waals surface area contributed by atoms with Crippen molar-refractivity contribution in [2.45, 2.75) is 13.8 Å². The van der Waals surface area contributed by atoms with Crippen molar-refractivity contribution in [3.05, 3.63) is 69.8 Å². The van der Waals surface area contributed by atoms with Gasteiger partial charge >= 0.3 is 0 Å². The summed E-state index contributed by atoms with van der Waals surface area (Å²) in [6.07, 6.45) is 0. The highest BCUT2D eigenvalue weighted by atomic mass is 14.3. The van der Waals surface area contributed by atoms with Crippen LogP contribution in [0.4, 0.5) is 0 Å². The molecule has 0 bridgehead atoms. The number of nitrogens with zero attached hydrogens (tertiary/aromatic N) is 4. The highest BCUT2D eigenvalue weighted by Crippen LogP contribution is 2.45. The fourth-order valence-corrected chi connectivity index (χ4v) is 4.87. The number of hydrogen-bond donors (Lipinski definition) is 0. The van der Waals surface area contributed by atoms with Crippen molar-refractivity contribution in [2.75, 3.05) is 0 Å². The van der Waals surface area contributed by atoms with E-state index < -0.39 is 0 Å². The summed E-state index contributed by atoms with van der Waals surface area (Å²) in [7, 11) is 0. The maximum atomic E-state index is 9.95. The Bertz CT molecular complexity index is 1610. The largest absolute Gasteiger partial charge is 0.192 e. The Kier molecular flexibility index (Phi) is 3.45. The molecule has 0 atom stereocenters. The molecule has 0 radical (unpaired) electrons. The van der Waals surface area contributed by atoms with Crippen molar-refractivity contribution in [3.8, 4) is 24.3 Å². The summed E-state index contributed by atoms with van der Waals surface area (Å²) < 4.78 is 0. The molecule has 0 aliphatic heterocycles. The van der Waals surface area contributed by atoms with Crippen LogP contribution in [0.5, 0.6) is 0 Å². The minimum atomic E-state index is 0.464. The van der Waals surface area contributed by atoms with E-state index in [-0.39, 0.29) is 0 Å². The summed E-state index contributed by atoms with van der Waals surface area (Å²) in [6, 6.07) is 20.1. The van der Waals surface area contributed by atoms with Gasteiger partial charge in [-0.3, -0.25) is 0 Å². The SMILES string of the molecule is Cc1cc(C#N)c2c3c(C#N)cc(C)c4c(C#N)ccc(c5ccc(C#N)c1c52)c43. The van der Waals surface area contributed by atoms with E-state index in [4.69, 9.17) is 0 Å². The molecule has 0 N–H and O–H groups in total. The van der Waals surface area contributed by atoms with E-state index in [1.54, 1.807) is 24.3 Å². The maximum absolute atomic E-state index is 9.95. The van der Waals surface area contributed by atoms with E-state index in [1.165, 1.54) is 0 Å². The maximum Gasteiger partial charge on any atom is 0.0998 e. The molecule has 0 unspecified atom stereocenters. The second-order valence-corrected chi connectivity index (χ2v) is 7.50. The topological polar surface area (TPSA) is 95.2 Å². The van der Waals surface area contributed by atoms with E-state index in [9.17, 15) is 21.0 Å². The molecule has 0 saturated carbocycles. The lowest BCUT2D eigenvalue weighted by atomic mass is 9.82. The highest BCUT2D eigenvalue weighted by molar-refractivity contribution is 6.36. The van der Waals surface area contributed by atoms with Crippen molar-refractivity contribution < 1.29 is 0 Å². The number of nitriles is 4. The lowest BCUT2D eigenvalue weighted by Crippen LogP contribution is -1.97. The fourth-order valence-electron chi connectivity index (χ4n) is 4.87. The van der Waals surface area contributed by atoms with Gasteiger partial charge < -0.3 is 0 Å². The number of hydrogen-bond acceptors (Lipinski definition) is 4. The molecular formula is C26H12N4. The van der Waals surface area contributed by atoms with E-state index in [0.717, 1.165) is 43.4 Å². The lowest BCUT2D eigenvalue weighted by Gasteiger charge is -2.19. The van der Waals surface area contributed by atoms with Gasteiger partial charge in [-0.2, -0.15) is 21.0 Å². The van der Waals surface area contributed by atoms with Crippen molar-refractivity contribution in [2.24, 2.45) is 0 Å². The summed E-state index contributed by atoms with van der Waals surface area (Å²) in [5.41, 5.74) is 3.70. The van der Waals surface area contributed by atoms with E-state index in [2.05, 4.69) is 24.3 Å². The monoisotopic (exact) mass is 380 g/mol. The molecule has 30 heavy (non-hydrogen) atoms. The summed E-state index contributed by atoms with van der Waals surface area (Å²) in [5.74, 6) is 0. The van der Waals surface area contributed by atoms with Crippen LogP contribution >= 0.6 is 0 Å². The lowest BCUT2D eigenvalue weighted by molar-refractivity contribution is 1.45. The third-order valence-corrected chi connectivity index (χ3v) is 5.98. The molecule has 0 fully saturated rings. The van der Waals surface area contributed by atoms with Gasteiger partial charge in [0.05, 0.1) is 46.5 Å². The normalized spacial score (nSPS) is 10.9. The molecule has 4 heteroatoms. The quantitative estimate of drug-likeness (QED) is 0.249. The number of rotatable bonds is 0. The number of benzene rings is 5. The van der Waals surface area contributed by atoms with Gasteiger partial charge in [-0.05, 0) is 60.0 Å². The summed E-state index contributed by atoms with van der Waals surface area (Å²) in [6.45, 7) is 3.80. The molecule has 0 spiro atoms. The molecule has 5 rings (SSSR count). The average Bonchev–Trinajstić information content (AvgIpc) is 2.77. The molecular weight excluding hydrogens is 368 g/mol. The average molecular weight is 380 g/mol. The van der Waals surface area contributed by atoms with Crippen LogP contribution in [0.3, 0.4) is 0 Å². The Morgan fingerprint density at radius 3 is 1.17 bits per heavy atom. The molecule has 0 saturated heterocycles. The molecule has 0 aliphatic rings. The first-order chi connectivity index (χ1) is 14.5. The molecule has 0 aliphatic carbocycles. The van der Waals surface area contributed by atoms with Gasteiger partial charge in [-0.1, -0.05) is 12.1 Å². The number of aryl methyl sites for hydroxylation is 2. The Hall–Kier alpha value is -4.64. The van der Waals surface area contributed by atoms with Gasteiger partial charge in [0.25, 0.3) is 0 Å². The van der Waals surface area contributed by atoms with E-state index >= 15 is 0 Å². The smallest absolute Gasteiger partial charge is 0.0998 e. The highest BCUT2D eigenvalue weighted by Gasteiger charge is 2.22. The molecule has 5 aromatic rings. The third kappa shape index (κ3) is 1.95. The van der Waals surface area contributed by atoms with Crippen molar-refractivity contribution in [3.63, 3.8) is 0 Å². The molecule has 0 amide bonds. The van der Waals surface area contributed by atoms with Crippen LogP contribution in [0.2, 0.25) is 0 Å². The standard InChI is InChI=1S/C26H12N4/c1-13-7-17(11-29)23-24-18(12-30)8-14(2)22-16(10-28)4-6-20(26(22)24)19-5-3-15(9-27)21(13)25(19)23/h3-8H,1-2H3. The van der Waals surface area contributed by atoms with Crippen LogP contribution in [0, 0.1) is 59.2 Å². The fraction of sp³-hybridized carbons (Fsp3) is 0.0769. The Balaban J connectivity index is 2.34. The Morgan fingerprint density at radius 1 is 0.467 bits per heavy atom. The first-order valence-corrected chi connectivity index (χ1v) is 9.37. The first kappa shape index (κ1) is 17.5. The molecule has 0 aromatic heterocycles. The van der Waals surface area contributed by atoms with Crippen LogP contribution in [0.15, 0.2) is 36.4 Å². The molecule has 5 aromatic carbocycles. The molecule has 4 nitrogen and oxygen atoms in total. The minimum Gasteiger partial charge on any atom is -0.192 e. The van der Waals surface area contributed by atoms with Crippen LogP contribution in [0.1, 0.15) is 33.4 Å². The first-order valence-electron chi connectivity index (χ1n) is 9.37. The van der Waals surface area contributed by atoms with Crippen molar-refractivity contribution >= 4 is 43.1 Å². The molecule has 136 valence electrons. The van der Waals surface area contributed by atoms with Crippen LogP contribution < -0.4 is 0 Å². The van der Waals surface area contributed by atoms with Crippen LogP contribution in [-0.4, -0.2) is 0 Å². The van der Waals surface area contributed by atoms with E-state index in [0.29, 0.717) is 33.0 Å². The van der Waals surface area contributed by atoms with Gasteiger partial charge in [0.2, 0.25) is 0 Å². The number of fused-ring (bicyclic) bond motifs is 2. The second-order valence-electron chi connectivity index (χ2n) is 7.50. The van der Waals surface area contributed by atoms with Crippen LogP contribution in [-0.2, 0) is 0 Å². The third-order valence-electron chi connectivity index (χ3n) is 5.98. The second kappa shape index (κ2) is 5.93. The summed E-state index contributed by atoms with van der Waals surface area (Å²) >= 11 is 0. The predicted octanol–water partition coefficient (Wildman–Crippen LogP) is 5.84. The summed E-state index contributed by atoms with van der Waals surface area (Å²) in [5, 5.41) is 45.7. The summed E-state index contributed by atoms with van der Waals surface area (Å²) in [4.78, 5) is 0. The van der Waals surface area contributed by atoms with Gasteiger partial charge in [-0.25, -0.2) is 0 Å². The zero-order valence-corrected chi connectivity index (χ0v) is 16.3. The Labute approximate surface area is 172 Å². The van der Waals surface area contributed by atoms with E-state index in [1.807, 2.05) is 26.0 Å². The zero-order valence-electron chi connectivity index (χ0n) is 16.3. The molecule has 0 heterocycles. The minimum absolute atomic E-state index is 0.464. The zero-order chi connectivity index (χ0) is 21.2. The van der Waals surface area contributed by atoms with Crippen LogP contribution in [0.25, 0.3) is 43.1 Å². The Morgan fingerprint density at radius 2 is 0.833 bits per heavy atom. The van der Waals surface area contributed by atoms with Gasteiger partial charge in [0.15, 0.2) is 0 Å². The van der Waals surface area contributed by atoms with Gasteiger partial charge in [-0.15, -0.1) is 0 Å². The van der Waals surface area contributed by atoms with Gasteiger partial charge in [0.1, 0.15) is 0 Å². The van der Waals surface area contributed by atoms with Crippen molar-refractivity contribution in [1.29, 1.82) is 21.0 Å².